The first-order valence-electron chi connectivity index (χ1n) is 8.50. The summed E-state index contributed by atoms with van der Waals surface area (Å²) in [6.45, 7) is 3.73. The van der Waals surface area contributed by atoms with Gasteiger partial charge in [-0.2, -0.15) is 22.7 Å². The summed E-state index contributed by atoms with van der Waals surface area (Å²) in [5.41, 5.74) is 1.43. The maximum atomic E-state index is 13.6. The number of thiophene rings is 1. The highest BCUT2D eigenvalue weighted by Gasteiger charge is 2.36. The molecule has 4 aromatic rings. The number of benzene rings is 1. The van der Waals surface area contributed by atoms with Crippen LogP contribution >= 0.6 is 11.3 Å². The van der Waals surface area contributed by atoms with Crippen molar-refractivity contribution in [1.82, 2.24) is 19.6 Å². The molecule has 1 aromatic carbocycles. The summed E-state index contributed by atoms with van der Waals surface area (Å²) < 4.78 is 41.3. The number of carbonyl (C=O) groups is 1. The van der Waals surface area contributed by atoms with Crippen LogP contribution in [0.1, 0.15) is 27.4 Å². The van der Waals surface area contributed by atoms with Gasteiger partial charge in [0.15, 0.2) is 5.69 Å². The van der Waals surface area contributed by atoms with Crippen LogP contribution in [0.25, 0.3) is 16.3 Å². The fraction of sp³-hybridized carbons (Fsp3) is 0.158. The maximum absolute atomic E-state index is 13.6. The third kappa shape index (κ3) is 3.70. The summed E-state index contributed by atoms with van der Waals surface area (Å²) in [5, 5.41) is 8.13. The van der Waals surface area contributed by atoms with Crippen LogP contribution in [0, 0.1) is 13.8 Å². The second kappa shape index (κ2) is 6.96. The molecular formula is C19H14F3N5OS. The van der Waals surface area contributed by atoms with E-state index in [1.165, 1.54) is 11.3 Å². The van der Waals surface area contributed by atoms with Gasteiger partial charge in [-0.15, -0.1) is 16.4 Å². The molecule has 1 N–H and O–H groups in total. The molecule has 0 saturated carbocycles. The normalized spacial score (nSPS) is 11.8. The van der Waals surface area contributed by atoms with E-state index in [0.29, 0.717) is 15.1 Å². The number of aryl methyl sites for hydroxylation is 2. The Kier molecular flexibility index (Phi) is 4.58. The Morgan fingerprint density at radius 1 is 1.14 bits per heavy atom. The fourth-order valence-electron chi connectivity index (χ4n) is 2.85. The molecule has 0 atom stereocenters. The van der Waals surface area contributed by atoms with Crippen molar-refractivity contribution in [2.24, 2.45) is 0 Å². The van der Waals surface area contributed by atoms with Crippen LogP contribution in [0.4, 0.5) is 18.9 Å². The third-order valence-electron chi connectivity index (χ3n) is 4.21. The number of anilines is 1. The molecule has 1 amide bonds. The van der Waals surface area contributed by atoms with Gasteiger partial charge in [-0.25, -0.2) is 4.98 Å². The first-order chi connectivity index (χ1) is 13.7. The van der Waals surface area contributed by atoms with Gasteiger partial charge in [0.05, 0.1) is 10.6 Å². The highest BCUT2D eigenvalue weighted by molar-refractivity contribution is 7.13. The highest BCUT2D eigenvalue weighted by Crippen LogP contribution is 2.33. The zero-order valence-corrected chi connectivity index (χ0v) is 16.1. The summed E-state index contributed by atoms with van der Waals surface area (Å²) in [6.07, 6.45) is -4.69. The highest BCUT2D eigenvalue weighted by atomic mass is 32.1. The Hall–Kier alpha value is -3.27. The molecule has 0 unspecified atom stereocenters. The van der Waals surface area contributed by atoms with Gasteiger partial charge in [-0.05, 0) is 43.0 Å². The van der Waals surface area contributed by atoms with E-state index in [1.54, 1.807) is 23.6 Å². The quantitative estimate of drug-likeness (QED) is 0.523. The van der Waals surface area contributed by atoms with Crippen molar-refractivity contribution in [2.45, 2.75) is 20.0 Å². The van der Waals surface area contributed by atoms with Crippen molar-refractivity contribution in [1.29, 1.82) is 0 Å². The number of halogens is 3. The third-order valence-corrected chi connectivity index (χ3v) is 5.10. The van der Waals surface area contributed by atoms with E-state index in [4.69, 9.17) is 0 Å². The van der Waals surface area contributed by atoms with Gasteiger partial charge in [-0.3, -0.25) is 4.79 Å². The summed E-state index contributed by atoms with van der Waals surface area (Å²) in [7, 11) is 0. The number of nitrogens with one attached hydrogen (secondary N) is 1. The van der Waals surface area contributed by atoms with Crippen molar-refractivity contribution < 1.29 is 18.0 Å². The summed E-state index contributed by atoms with van der Waals surface area (Å²) in [6, 6.07) is 9.69. The van der Waals surface area contributed by atoms with Crippen molar-refractivity contribution in [3.63, 3.8) is 0 Å². The van der Waals surface area contributed by atoms with Gasteiger partial charge in [-0.1, -0.05) is 23.8 Å². The molecule has 3 aromatic heterocycles. The second-order valence-corrected chi connectivity index (χ2v) is 7.37. The smallest absolute Gasteiger partial charge is 0.319 e. The van der Waals surface area contributed by atoms with E-state index in [2.05, 4.69) is 20.4 Å². The number of hydrogen-bond donors (Lipinski definition) is 1. The molecule has 6 nitrogen and oxygen atoms in total. The van der Waals surface area contributed by atoms with E-state index in [0.717, 1.165) is 17.2 Å². The lowest BCUT2D eigenvalue weighted by atomic mass is 10.1. The van der Waals surface area contributed by atoms with E-state index in [9.17, 15) is 18.0 Å². The Morgan fingerprint density at radius 2 is 1.93 bits per heavy atom. The van der Waals surface area contributed by atoms with Gasteiger partial charge in [0, 0.05) is 5.69 Å². The van der Waals surface area contributed by atoms with Crippen molar-refractivity contribution in [3.8, 4) is 10.6 Å². The number of carbonyl (C=O) groups excluding carboxylic acids is 1. The van der Waals surface area contributed by atoms with E-state index >= 15 is 0 Å². The molecule has 0 aliphatic rings. The Labute approximate surface area is 167 Å². The van der Waals surface area contributed by atoms with Crippen LogP contribution in [0.15, 0.2) is 41.8 Å². The molecule has 3 heterocycles. The molecule has 4 rings (SSSR count). The van der Waals surface area contributed by atoms with Crippen LogP contribution in [-0.2, 0) is 6.18 Å². The average molecular weight is 417 g/mol. The molecule has 0 saturated heterocycles. The number of rotatable bonds is 3. The SMILES string of the molecule is Cc1ccc(NC(=O)c2nc3nc(-c4cccs4)cc(C(F)(F)F)n3n2)c(C)c1. The second-order valence-electron chi connectivity index (χ2n) is 6.42. The van der Waals surface area contributed by atoms with Crippen LogP contribution < -0.4 is 5.32 Å². The first kappa shape index (κ1) is 19.1. The monoisotopic (exact) mass is 417 g/mol. The topological polar surface area (TPSA) is 72.2 Å². The molecule has 10 heteroatoms. The summed E-state index contributed by atoms with van der Waals surface area (Å²) in [5.74, 6) is -1.41. The van der Waals surface area contributed by atoms with E-state index in [1.807, 2.05) is 26.0 Å². The molecule has 0 fully saturated rings. The minimum Gasteiger partial charge on any atom is -0.319 e. The number of aromatic nitrogens is 4. The summed E-state index contributed by atoms with van der Waals surface area (Å²) >= 11 is 1.25. The Morgan fingerprint density at radius 3 is 2.59 bits per heavy atom. The largest absolute Gasteiger partial charge is 0.433 e. The van der Waals surface area contributed by atoms with Gasteiger partial charge >= 0.3 is 6.18 Å². The maximum Gasteiger partial charge on any atom is 0.433 e. The summed E-state index contributed by atoms with van der Waals surface area (Å²) in [4.78, 5) is 21.2. The molecule has 29 heavy (non-hydrogen) atoms. The Balaban J connectivity index is 1.77. The zero-order valence-electron chi connectivity index (χ0n) is 15.3. The van der Waals surface area contributed by atoms with Gasteiger partial charge in [0.2, 0.25) is 5.82 Å². The van der Waals surface area contributed by atoms with Crippen LogP contribution in [-0.4, -0.2) is 25.5 Å². The van der Waals surface area contributed by atoms with Crippen molar-refractivity contribution >= 4 is 28.7 Å². The first-order valence-corrected chi connectivity index (χ1v) is 9.38. The molecule has 0 radical (unpaired) electrons. The number of nitrogens with zero attached hydrogens (tertiary/aromatic N) is 4. The van der Waals surface area contributed by atoms with Gasteiger partial charge in [0.1, 0.15) is 0 Å². The molecule has 0 aliphatic heterocycles. The lowest BCUT2D eigenvalue weighted by Gasteiger charge is -2.09. The van der Waals surface area contributed by atoms with Crippen LogP contribution in [0.5, 0.6) is 0 Å². The number of amides is 1. The van der Waals surface area contributed by atoms with Crippen LogP contribution in [0.3, 0.4) is 0 Å². The molecule has 148 valence electrons. The predicted octanol–water partition coefficient (Wildman–Crippen LogP) is 4.74. The number of fused-ring (bicyclic) bond motifs is 1. The minimum atomic E-state index is -4.69. The fourth-order valence-corrected chi connectivity index (χ4v) is 3.54. The van der Waals surface area contributed by atoms with Gasteiger partial charge in [0.25, 0.3) is 11.7 Å². The average Bonchev–Trinajstić information content (AvgIpc) is 3.31. The standard InChI is InChI=1S/C19H14F3N5OS/c1-10-5-6-12(11(2)8-10)23-17(28)16-25-18-24-13(14-4-3-7-29-14)9-15(19(20,21)22)27(18)26-16/h3-9H,1-2H3,(H,23,28). The lowest BCUT2D eigenvalue weighted by molar-refractivity contribution is -0.142. The van der Waals surface area contributed by atoms with Crippen molar-refractivity contribution in [2.75, 3.05) is 5.32 Å². The molecule has 0 spiro atoms. The van der Waals surface area contributed by atoms with E-state index in [-0.39, 0.29) is 11.5 Å². The molecule has 0 aliphatic carbocycles. The zero-order chi connectivity index (χ0) is 20.8. The van der Waals surface area contributed by atoms with Crippen molar-refractivity contribution in [3.05, 3.63) is 64.4 Å². The van der Waals surface area contributed by atoms with Crippen LogP contribution in [0.2, 0.25) is 0 Å². The Bertz CT molecular complexity index is 1210. The minimum absolute atomic E-state index is 0.119. The molecular weight excluding hydrogens is 403 g/mol. The predicted molar refractivity (Wildman–Crippen MR) is 103 cm³/mol. The van der Waals surface area contributed by atoms with E-state index < -0.39 is 23.6 Å². The van der Waals surface area contributed by atoms with Gasteiger partial charge < -0.3 is 5.32 Å². The number of alkyl halides is 3. The lowest BCUT2D eigenvalue weighted by Crippen LogP contribution is -2.16. The number of hydrogen-bond acceptors (Lipinski definition) is 5. The molecule has 0 bridgehead atoms.